The van der Waals surface area contributed by atoms with Crippen LogP contribution in [0.5, 0.6) is 11.5 Å². The number of ether oxygens (including phenoxy) is 2. The number of amides is 1. The Morgan fingerprint density at radius 1 is 1.10 bits per heavy atom. The van der Waals surface area contributed by atoms with Gasteiger partial charge in [-0.3, -0.25) is 4.79 Å². The Balaban J connectivity index is 3.16. The molecule has 0 fully saturated rings. The van der Waals surface area contributed by atoms with Gasteiger partial charge in [-0.05, 0) is 13.8 Å². The van der Waals surface area contributed by atoms with Crippen LogP contribution in [0.1, 0.15) is 13.8 Å². The van der Waals surface area contributed by atoms with Crippen molar-refractivity contribution >= 4 is 29.2 Å². The van der Waals surface area contributed by atoms with Crippen molar-refractivity contribution in [2.45, 2.75) is 13.8 Å². The van der Waals surface area contributed by atoms with Gasteiger partial charge in [0.1, 0.15) is 11.5 Å². The van der Waals surface area contributed by atoms with E-state index in [9.17, 15) is 9.59 Å². The molecule has 7 heteroatoms. The van der Waals surface area contributed by atoms with Crippen molar-refractivity contribution in [2.75, 3.05) is 19.5 Å². The first-order valence-electron chi connectivity index (χ1n) is 5.95. The summed E-state index contributed by atoms with van der Waals surface area (Å²) in [5, 5.41) is 11.8. The lowest BCUT2D eigenvalue weighted by atomic mass is 10.1. The van der Waals surface area contributed by atoms with Crippen molar-refractivity contribution in [3.05, 3.63) is 28.3 Å². The molecule has 0 aliphatic rings. The Morgan fingerprint density at radius 2 is 1.67 bits per heavy atom. The van der Waals surface area contributed by atoms with Gasteiger partial charge in [-0.15, -0.1) is 0 Å². The third-order valence-electron chi connectivity index (χ3n) is 2.95. The van der Waals surface area contributed by atoms with Gasteiger partial charge in [0.15, 0.2) is 0 Å². The van der Waals surface area contributed by atoms with E-state index in [1.165, 1.54) is 40.2 Å². The maximum absolute atomic E-state index is 12.0. The molecule has 2 N–H and O–H groups in total. The van der Waals surface area contributed by atoms with Gasteiger partial charge >= 0.3 is 5.97 Å². The van der Waals surface area contributed by atoms with E-state index >= 15 is 0 Å². The maximum Gasteiger partial charge on any atom is 0.331 e. The Kier molecular flexibility index (Phi) is 5.60. The second-order valence-corrected chi connectivity index (χ2v) is 4.60. The quantitative estimate of drug-likeness (QED) is 0.816. The largest absolute Gasteiger partial charge is 0.495 e. The number of methoxy groups -OCH3 is 2. The molecule has 6 nitrogen and oxygen atoms in total. The first-order valence-corrected chi connectivity index (χ1v) is 6.33. The first-order chi connectivity index (χ1) is 9.81. The maximum atomic E-state index is 12.0. The third kappa shape index (κ3) is 3.88. The predicted octanol–water partition coefficient (Wildman–Crippen LogP) is 2.72. The normalized spacial score (nSPS) is 11.5. The molecule has 0 saturated carbocycles. The van der Waals surface area contributed by atoms with Crippen molar-refractivity contribution in [1.29, 1.82) is 0 Å². The summed E-state index contributed by atoms with van der Waals surface area (Å²) < 4.78 is 10.2. The molecule has 1 rings (SSSR count). The second kappa shape index (κ2) is 6.99. The van der Waals surface area contributed by atoms with Gasteiger partial charge < -0.3 is 19.9 Å². The molecule has 1 aromatic carbocycles. The lowest BCUT2D eigenvalue weighted by Gasteiger charge is -2.13. The van der Waals surface area contributed by atoms with Gasteiger partial charge in [-0.2, -0.15) is 0 Å². The highest BCUT2D eigenvalue weighted by Gasteiger charge is 2.16. The molecule has 1 amide bonds. The van der Waals surface area contributed by atoms with Crippen LogP contribution < -0.4 is 14.8 Å². The highest BCUT2D eigenvalue weighted by molar-refractivity contribution is 6.32. The number of carboxylic acids is 1. The summed E-state index contributed by atoms with van der Waals surface area (Å²) in [6.45, 7) is 2.79. The third-order valence-corrected chi connectivity index (χ3v) is 3.24. The molecule has 0 spiro atoms. The first kappa shape index (κ1) is 16.8. The summed E-state index contributed by atoms with van der Waals surface area (Å²) in [6.07, 6.45) is 0. The summed E-state index contributed by atoms with van der Waals surface area (Å²) >= 11 is 5.97. The summed E-state index contributed by atoms with van der Waals surface area (Å²) in [5.41, 5.74) is 0.396. The number of hydrogen-bond donors (Lipinski definition) is 2. The van der Waals surface area contributed by atoms with Crippen LogP contribution in [-0.2, 0) is 9.59 Å². The molecule has 0 radical (unpaired) electrons. The minimum absolute atomic E-state index is 0.0348. The monoisotopic (exact) mass is 313 g/mol. The molecule has 0 atom stereocenters. The Bertz CT molecular complexity index is 610. The van der Waals surface area contributed by atoms with Crippen LogP contribution in [0.2, 0.25) is 5.02 Å². The van der Waals surface area contributed by atoms with E-state index in [0.29, 0.717) is 22.2 Å². The number of benzene rings is 1. The second-order valence-electron chi connectivity index (χ2n) is 4.20. The van der Waals surface area contributed by atoms with Crippen molar-refractivity contribution in [3.63, 3.8) is 0 Å². The zero-order valence-corrected chi connectivity index (χ0v) is 12.9. The Morgan fingerprint density at radius 3 is 2.14 bits per heavy atom. The van der Waals surface area contributed by atoms with Crippen LogP contribution in [-0.4, -0.2) is 31.2 Å². The fourth-order valence-electron chi connectivity index (χ4n) is 1.50. The number of carboxylic acid groups (broad SMARTS) is 1. The number of anilines is 1. The van der Waals surface area contributed by atoms with E-state index in [4.69, 9.17) is 26.2 Å². The number of aliphatic carboxylic acids is 1. The molecule has 114 valence electrons. The Hall–Kier alpha value is -2.21. The summed E-state index contributed by atoms with van der Waals surface area (Å²) in [7, 11) is 2.87. The highest BCUT2D eigenvalue weighted by Crippen LogP contribution is 2.36. The van der Waals surface area contributed by atoms with Crippen molar-refractivity contribution in [3.8, 4) is 11.5 Å². The van der Waals surface area contributed by atoms with Gasteiger partial charge in [0, 0.05) is 23.3 Å². The number of halogens is 1. The fraction of sp³-hybridized carbons (Fsp3) is 0.286. The predicted molar refractivity (Wildman–Crippen MR) is 79.2 cm³/mol. The van der Waals surface area contributed by atoms with Gasteiger partial charge in [0.05, 0.1) is 24.9 Å². The van der Waals surface area contributed by atoms with Crippen molar-refractivity contribution < 1.29 is 24.2 Å². The minimum atomic E-state index is -1.15. The number of carbonyl (C=O) groups excluding carboxylic acids is 1. The lowest BCUT2D eigenvalue weighted by Crippen LogP contribution is -2.16. The molecule has 0 aliphatic heterocycles. The lowest BCUT2D eigenvalue weighted by molar-refractivity contribution is -0.133. The molecular weight excluding hydrogens is 298 g/mol. The SMILES string of the molecule is COc1cc(NC(=O)/C(C)=C(/C)C(=O)O)c(OC)cc1Cl. The van der Waals surface area contributed by atoms with E-state index < -0.39 is 11.9 Å². The van der Waals surface area contributed by atoms with Crippen LogP contribution in [0.25, 0.3) is 0 Å². The molecule has 0 unspecified atom stereocenters. The van der Waals surface area contributed by atoms with Crippen LogP contribution in [0.4, 0.5) is 5.69 Å². The van der Waals surface area contributed by atoms with Crippen LogP contribution in [0.15, 0.2) is 23.3 Å². The molecule has 1 aromatic rings. The average Bonchev–Trinajstić information content (AvgIpc) is 2.46. The summed E-state index contributed by atoms with van der Waals surface area (Å²) in [5.74, 6) is -0.986. The zero-order chi connectivity index (χ0) is 16.2. The number of rotatable bonds is 5. The molecule has 0 aromatic heterocycles. The summed E-state index contributed by atoms with van der Waals surface area (Å²) in [6, 6.07) is 3.00. The van der Waals surface area contributed by atoms with Crippen LogP contribution in [0.3, 0.4) is 0 Å². The molecule has 0 aliphatic carbocycles. The minimum Gasteiger partial charge on any atom is -0.495 e. The van der Waals surface area contributed by atoms with Crippen molar-refractivity contribution in [2.24, 2.45) is 0 Å². The van der Waals surface area contributed by atoms with E-state index in [1.807, 2.05) is 0 Å². The zero-order valence-electron chi connectivity index (χ0n) is 12.1. The molecule has 21 heavy (non-hydrogen) atoms. The van der Waals surface area contributed by atoms with E-state index in [2.05, 4.69) is 5.32 Å². The molecule has 0 saturated heterocycles. The standard InChI is InChI=1S/C14H16ClNO5/c1-7(8(2)14(18)19)13(17)16-10-6-11(20-3)9(15)5-12(10)21-4/h5-6H,1-4H3,(H,16,17)(H,18,19)/b8-7-. The van der Waals surface area contributed by atoms with E-state index in [-0.39, 0.29) is 11.1 Å². The van der Waals surface area contributed by atoms with Gasteiger partial charge in [-0.25, -0.2) is 4.79 Å². The highest BCUT2D eigenvalue weighted by atomic mass is 35.5. The smallest absolute Gasteiger partial charge is 0.331 e. The van der Waals surface area contributed by atoms with Crippen LogP contribution >= 0.6 is 11.6 Å². The van der Waals surface area contributed by atoms with E-state index in [0.717, 1.165) is 0 Å². The molecule has 0 bridgehead atoms. The number of nitrogens with one attached hydrogen (secondary N) is 1. The van der Waals surface area contributed by atoms with Crippen molar-refractivity contribution in [1.82, 2.24) is 0 Å². The van der Waals surface area contributed by atoms with Gasteiger partial charge in [0.2, 0.25) is 0 Å². The number of hydrogen-bond acceptors (Lipinski definition) is 4. The van der Waals surface area contributed by atoms with Gasteiger partial charge in [-0.1, -0.05) is 11.6 Å². The topological polar surface area (TPSA) is 84.9 Å². The molecule has 0 heterocycles. The molecular formula is C14H16ClNO5. The van der Waals surface area contributed by atoms with Crippen LogP contribution in [0, 0.1) is 0 Å². The average molecular weight is 314 g/mol. The summed E-state index contributed by atoms with van der Waals surface area (Å²) in [4.78, 5) is 22.9. The van der Waals surface area contributed by atoms with Gasteiger partial charge in [0.25, 0.3) is 5.91 Å². The van der Waals surface area contributed by atoms with E-state index in [1.54, 1.807) is 0 Å². The fourth-order valence-corrected chi connectivity index (χ4v) is 1.74. The number of carbonyl (C=O) groups is 2. The Labute approximate surface area is 127 Å².